The Kier molecular flexibility index (Phi) is 4.89. The van der Waals surface area contributed by atoms with E-state index in [9.17, 15) is 13.2 Å². The van der Waals surface area contributed by atoms with Gasteiger partial charge in [-0.2, -0.15) is 0 Å². The van der Waals surface area contributed by atoms with Crippen LogP contribution in [0.1, 0.15) is 31.0 Å². The van der Waals surface area contributed by atoms with E-state index < -0.39 is 16.1 Å². The van der Waals surface area contributed by atoms with Gasteiger partial charge in [-0.25, -0.2) is 13.1 Å². The summed E-state index contributed by atoms with van der Waals surface area (Å²) in [5, 5.41) is 9.81. The maximum atomic E-state index is 12.3. The zero-order chi connectivity index (χ0) is 16.3. The van der Waals surface area contributed by atoms with Gasteiger partial charge >= 0.3 is 0 Å². The lowest BCUT2D eigenvalue weighted by molar-refractivity contribution is -0.114. The van der Waals surface area contributed by atoms with Crippen molar-refractivity contribution in [3.05, 3.63) is 35.4 Å². The lowest BCUT2D eigenvalue weighted by atomic mass is 10.0. The van der Waals surface area contributed by atoms with Gasteiger partial charge in [-0.3, -0.25) is 4.79 Å². The highest BCUT2D eigenvalue weighted by molar-refractivity contribution is 7.91. The van der Waals surface area contributed by atoms with Gasteiger partial charge in [-0.15, -0.1) is 10.2 Å². The summed E-state index contributed by atoms with van der Waals surface area (Å²) in [4.78, 5) is 10.9. The van der Waals surface area contributed by atoms with E-state index in [2.05, 4.69) is 20.2 Å². The number of benzene rings is 1. The van der Waals surface area contributed by atoms with Crippen molar-refractivity contribution < 1.29 is 13.2 Å². The van der Waals surface area contributed by atoms with E-state index in [1.165, 1.54) is 6.92 Å². The van der Waals surface area contributed by atoms with Gasteiger partial charge in [0.15, 0.2) is 0 Å². The minimum Gasteiger partial charge on any atom is -0.301 e. The van der Waals surface area contributed by atoms with E-state index in [0.717, 1.165) is 22.5 Å². The average Bonchev–Trinajstić information content (AvgIpc) is 2.87. The molecule has 0 fully saturated rings. The van der Waals surface area contributed by atoms with Crippen molar-refractivity contribution >= 4 is 32.4 Å². The van der Waals surface area contributed by atoms with Crippen LogP contribution in [0.2, 0.25) is 0 Å². The first-order valence-corrected chi connectivity index (χ1v) is 8.78. The summed E-state index contributed by atoms with van der Waals surface area (Å²) in [5.74, 6) is -0.332. The summed E-state index contributed by atoms with van der Waals surface area (Å²) < 4.78 is 27.0. The Bertz CT molecular complexity index is 786. The van der Waals surface area contributed by atoms with Crippen molar-refractivity contribution in [2.24, 2.45) is 0 Å². The molecule has 0 aliphatic rings. The zero-order valence-corrected chi connectivity index (χ0v) is 14.0. The molecule has 1 atom stereocenters. The molecular weight excluding hydrogens is 324 g/mol. The zero-order valence-electron chi connectivity index (χ0n) is 12.3. The minimum atomic E-state index is -3.80. The summed E-state index contributed by atoms with van der Waals surface area (Å²) >= 11 is 0.805. The van der Waals surface area contributed by atoms with Gasteiger partial charge in [0.05, 0.1) is 0 Å². The Balaban J connectivity index is 2.19. The molecule has 7 nitrogen and oxygen atoms in total. The molecule has 0 spiro atoms. The second-order valence-electron chi connectivity index (χ2n) is 4.75. The van der Waals surface area contributed by atoms with Crippen LogP contribution in [0.3, 0.4) is 0 Å². The van der Waals surface area contributed by atoms with Gasteiger partial charge in [0.2, 0.25) is 15.4 Å². The molecule has 0 bridgehead atoms. The van der Waals surface area contributed by atoms with Crippen LogP contribution >= 0.6 is 11.3 Å². The van der Waals surface area contributed by atoms with Crippen LogP contribution in [-0.4, -0.2) is 24.5 Å². The second kappa shape index (κ2) is 6.51. The number of hydrogen-bond donors (Lipinski definition) is 2. The van der Waals surface area contributed by atoms with Gasteiger partial charge in [0.25, 0.3) is 10.0 Å². The van der Waals surface area contributed by atoms with Crippen LogP contribution < -0.4 is 10.0 Å². The van der Waals surface area contributed by atoms with Gasteiger partial charge < -0.3 is 5.32 Å². The van der Waals surface area contributed by atoms with Crippen LogP contribution in [0.25, 0.3) is 0 Å². The molecule has 0 saturated heterocycles. The third-order valence-corrected chi connectivity index (χ3v) is 5.65. The number of aryl methyl sites for hydroxylation is 1. The smallest absolute Gasteiger partial charge is 0.270 e. The molecular formula is C13H16N4O3S2. The highest BCUT2D eigenvalue weighted by Crippen LogP contribution is 2.23. The molecule has 1 heterocycles. The molecule has 2 rings (SSSR count). The predicted octanol–water partition coefficient (Wildman–Crippen LogP) is 1.84. The van der Waals surface area contributed by atoms with Crippen LogP contribution in [0.4, 0.5) is 5.13 Å². The van der Waals surface area contributed by atoms with E-state index in [4.69, 9.17) is 0 Å². The molecule has 0 aliphatic heterocycles. The number of nitrogens with zero attached hydrogens (tertiary/aromatic N) is 2. The quantitative estimate of drug-likeness (QED) is 0.809. The lowest BCUT2D eigenvalue weighted by Gasteiger charge is -2.15. The molecule has 0 radical (unpaired) electrons. The number of anilines is 1. The monoisotopic (exact) mass is 340 g/mol. The third-order valence-electron chi connectivity index (χ3n) is 2.91. The molecule has 0 aliphatic carbocycles. The number of carbonyl (C=O) groups excluding carboxylic acids is 1. The van der Waals surface area contributed by atoms with Crippen LogP contribution in [0.5, 0.6) is 0 Å². The fourth-order valence-electron chi connectivity index (χ4n) is 1.94. The predicted molar refractivity (Wildman–Crippen MR) is 84.1 cm³/mol. The summed E-state index contributed by atoms with van der Waals surface area (Å²) in [5.41, 5.74) is 1.88. The Morgan fingerprint density at radius 3 is 2.59 bits per heavy atom. The SMILES string of the molecule is CC(=O)Nc1nnc(S(=O)(=O)N[C@@H](C)c2ccccc2C)s1. The molecule has 1 aromatic heterocycles. The molecule has 22 heavy (non-hydrogen) atoms. The highest BCUT2D eigenvalue weighted by Gasteiger charge is 2.23. The van der Waals surface area contributed by atoms with E-state index in [1.807, 2.05) is 31.2 Å². The fourth-order valence-corrected chi connectivity index (χ4v) is 4.12. The van der Waals surface area contributed by atoms with Crippen molar-refractivity contribution in [1.29, 1.82) is 0 Å². The molecule has 0 saturated carbocycles. The Labute approximate surface area is 132 Å². The maximum Gasteiger partial charge on any atom is 0.270 e. The Hall–Kier alpha value is -1.84. The largest absolute Gasteiger partial charge is 0.301 e. The van der Waals surface area contributed by atoms with Crippen molar-refractivity contribution in [2.75, 3.05) is 5.32 Å². The number of nitrogens with one attached hydrogen (secondary N) is 2. The van der Waals surface area contributed by atoms with E-state index >= 15 is 0 Å². The third kappa shape index (κ3) is 3.87. The van der Waals surface area contributed by atoms with E-state index in [0.29, 0.717) is 0 Å². The van der Waals surface area contributed by atoms with Gasteiger partial charge in [0.1, 0.15) is 0 Å². The maximum absolute atomic E-state index is 12.3. The number of rotatable bonds is 5. The number of carbonyl (C=O) groups is 1. The summed E-state index contributed by atoms with van der Waals surface area (Å²) in [6.07, 6.45) is 0. The summed E-state index contributed by atoms with van der Waals surface area (Å²) in [6.45, 7) is 4.99. The molecule has 1 aromatic carbocycles. The summed E-state index contributed by atoms with van der Waals surface area (Å²) in [6, 6.07) is 7.13. The van der Waals surface area contributed by atoms with Gasteiger partial charge in [-0.05, 0) is 25.0 Å². The molecule has 2 N–H and O–H groups in total. The topological polar surface area (TPSA) is 101 Å². The first-order valence-electron chi connectivity index (χ1n) is 6.48. The van der Waals surface area contributed by atoms with Crippen molar-refractivity contribution in [2.45, 2.75) is 31.2 Å². The van der Waals surface area contributed by atoms with Crippen molar-refractivity contribution in [3.63, 3.8) is 0 Å². The highest BCUT2D eigenvalue weighted by atomic mass is 32.2. The van der Waals surface area contributed by atoms with Crippen molar-refractivity contribution in [1.82, 2.24) is 14.9 Å². The van der Waals surface area contributed by atoms with Crippen LogP contribution in [0.15, 0.2) is 28.6 Å². The molecule has 1 amide bonds. The fraction of sp³-hybridized carbons (Fsp3) is 0.308. The number of aromatic nitrogens is 2. The molecule has 2 aromatic rings. The van der Waals surface area contributed by atoms with Crippen molar-refractivity contribution in [3.8, 4) is 0 Å². The van der Waals surface area contributed by atoms with E-state index in [1.54, 1.807) is 6.92 Å². The van der Waals surface area contributed by atoms with E-state index in [-0.39, 0.29) is 15.4 Å². The van der Waals surface area contributed by atoms with Gasteiger partial charge in [0, 0.05) is 13.0 Å². The van der Waals surface area contributed by atoms with Gasteiger partial charge in [-0.1, -0.05) is 35.6 Å². The average molecular weight is 340 g/mol. The lowest BCUT2D eigenvalue weighted by Crippen LogP contribution is -2.27. The molecule has 118 valence electrons. The minimum absolute atomic E-state index is 0.149. The Morgan fingerprint density at radius 2 is 1.95 bits per heavy atom. The second-order valence-corrected chi connectivity index (χ2v) is 7.62. The van der Waals surface area contributed by atoms with Crippen LogP contribution in [-0.2, 0) is 14.8 Å². The number of hydrogen-bond acceptors (Lipinski definition) is 6. The first-order chi connectivity index (χ1) is 10.3. The normalized spacial score (nSPS) is 12.9. The number of sulfonamides is 1. The standard InChI is InChI=1S/C13H16N4O3S2/c1-8-6-4-5-7-11(8)9(2)17-22(19,20)13-16-15-12(21-13)14-10(3)18/h4-7,9,17H,1-3H3,(H,14,15,18)/t9-/m0/s1. The molecule has 0 unspecified atom stereocenters. The Morgan fingerprint density at radius 1 is 1.27 bits per heavy atom. The summed E-state index contributed by atoms with van der Waals surface area (Å²) in [7, 11) is -3.80. The first kappa shape index (κ1) is 16.5. The molecule has 9 heteroatoms. The number of amides is 1. The van der Waals surface area contributed by atoms with Crippen LogP contribution in [0, 0.1) is 6.92 Å².